The fraction of sp³-hybridized carbons (Fsp3) is 0.364. The van der Waals surface area contributed by atoms with Crippen LogP contribution in [0.3, 0.4) is 0 Å². The first-order valence-corrected chi connectivity index (χ1v) is 9.27. The van der Waals surface area contributed by atoms with Gasteiger partial charge in [0.2, 0.25) is 0 Å². The number of hydrogen-bond donors (Lipinski definition) is 0. The number of carbonyl (C=O) groups excluding carboxylic acids is 2. The maximum Gasteiger partial charge on any atom is 0.338 e. The average molecular weight is 401 g/mol. The maximum atomic E-state index is 13.9. The van der Waals surface area contributed by atoms with Crippen molar-refractivity contribution in [3.8, 4) is 5.75 Å². The molecule has 29 heavy (non-hydrogen) atoms. The third-order valence-corrected chi connectivity index (χ3v) is 5.01. The number of nitrogens with zero attached hydrogens (tertiary/aromatic N) is 1. The van der Waals surface area contributed by atoms with E-state index in [0.717, 1.165) is 17.2 Å². The molecule has 0 spiro atoms. The Morgan fingerprint density at radius 1 is 1.03 bits per heavy atom. The molecule has 0 unspecified atom stereocenters. The molecule has 0 aromatic heterocycles. The highest BCUT2D eigenvalue weighted by molar-refractivity contribution is 5.96. The summed E-state index contributed by atoms with van der Waals surface area (Å²) in [5, 5.41) is 0. The van der Waals surface area contributed by atoms with Crippen LogP contribution >= 0.6 is 0 Å². The van der Waals surface area contributed by atoms with Crippen molar-refractivity contribution in [1.29, 1.82) is 0 Å². The molecule has 0 bridgehead atoms. The first-order valence-electron chi connectivity index (χ1n) is 9.27. The van der Waals surface area contributed by atoms with Gasteiger partial charge in [-0.15, -0.1) is 0 Å². The van der Waals surface area contributed by atoms with Crippen LogP contribution in [0.25, 0.3) is 0 Å². The van der Waals surface area contributed by atoms with Gasteiger partial charge in [0.1, 0.15) is 23.8 Å². The van der Waals surface area contributed by atoms with Crippen LogP contribution in [0, 0.1) is 19.7 Å². The van der Waals surface area contributed by atoms with Crippen LogP contribution < -0.4 is 4.74 Å². The molecule has 1 heterocycles. The standard InChI is InChI=1S/C22H24FNO5/c1-13-5-6-14(2)18(7-13)21(25)24-11-19(27-3)20(12-24)29-17-9-15(22(26)28-4)8-16(23)10-17/h5-10,19-20H,11-12H2,1-4H3/t19-,20-/m1/s1. The summed E-state index contributed by atoms with van der Waals surface area (Å²) in [6, 6.07) is 9.43. The van der Waals surface area contributed by atoms with Crippen molar-refractivity contribution < 1.29 is 28.2 Å². The molecule has 0 radical (unpaired) electrons. The van der Waals surface area contributed by atoms with E-state index in [2.05, 4.69) is 4.74 Å². The molecule has 2 atom stereocenters. The van der Waals surface area contributed by atoms with E-state index in [0.29, 0.717) is 12.1 Å². The van der Waals surface area contributed by atoms with Crippen molar-refractivity contribution in [3.05, 3.63) is 64.5 Å². The Bertz CT molecular complexity index is 929. The second-order valence-electron chi connectivity index (χ2n) is 7.13. The van der Waals surface area contributed by atoms with Gasteiger partial charge in [-0.25, -0.2) is 9.18 Å². The van der Waals surface area contributed by atoms with Gasteiger partial charge in [-0.05, 0) is 37.6 Å². The largest absolute Gasteiger partial charge is 0.486 e. The molecule has 2 aromatic carbocycles. The zero-order chi connectivity index (χ0) is 21.1. The zero-order valence-corrected chi connectivity index (χ0v) is 16.9. The molecule has 0 aliphatic carbocycles. The second kappa shape index (κ2) is 8.61. The lowest BCUT2D eigenvalue weighted by atomic mass is 10.0. The number of aryl methyl sites for hydroxylation is 2. The van der Waals surface area contributed by atoms with E-state index in [1.165, 1.54) is 19.2 Å². The molecule has 1 amide bonds. The van der Waals surface area contributed by atoms with E-state index in [9.17, 15) is 14.0 Å². The Labute approximate surface area is 169 Å². The first-order chi connectivity index (χ1) is 13.8. The average Bonchev–Trinajstić information content (AvgIpc) is 3.10. The summed E-state index contributed by atoms with van der Waals surface area (Å²) >= 11 is 0. The smallest absolute Gasteiger partial charge is 0.338 e. The number of halogens is 1. The van der Waals surface area contributed by atoms with Gasteiger partial charge in [-0.3, -0.25) is 4.79 Å². The van der Waals surface area contributed by atoms with Crippen LogP contribution in [0.5, 0.6) is 5.75 Å². The van der Waals surface area contributed by atoms with E-state index in [1.807, 2.05) is 32.0 Å². The molecule has 2 aromatic rings. The lowest BCUT2D eigenvalue weighted by Crippen LogP contribution is -2.32. The maximum absolute atomic E-state index is 13.9. The monoisotopic (exact) mass is 401 g/mol. The number of likely N-dealkylation sites (tertiary alicyclic amines) is 1. The number of hydrogen-bond acceptors (Lipinski definition) is 5. The van der Waals surface area contributed by atoms with Gasteiger partial charge in [-0.1, -0.05) is 17.7 Å². The summed E-state index contributed by atoms with van der Waals surface area (Å²) in [5.41, 5.74) is 2.59. The Kier molecular flexibility index (Phi) is 6.17. The van der Waals surface area contributed by atoms with Gasteiger partial charge < -0.3 is 19.1 Å². The van der Waals surface area contributed by atoms with Crippen molar-refractivity contribution in [3.63, 3.8) is 0 Å². The minimum atomic E-state index is -0.657. The Hall–Kier alpha value is -2.93. The van der Waals surface area contributed by atoms with Crippen molar-refractivity contribution in [2.75, 3.05) is 27.3 Å². The van der Waals surface area contributed by atoms with Gasteiger partial charge in [0, 0.05) is 18.7 Å². The van der Waals surface area contributed by atoms with Crippen molar-refractivity contribution in [1.82, 2.24) is 4.90 Å². The van der Waals surface area contributed by atoms with E-state index in [1.54, 1.807) is 12.0 Å². The third-order valence-electron chi connectivity index (χ3n) is 5.01. The summed E-state index contributed by atoms with van der Waals surface area (Å²) in [7, 11) is 2.76. The quantitative estimate of drug-likeness (QED) is 0.720. The van der Waals surface area contributed by atoms with Crippen LogP contribution in [0.15, 0.2) is 36.4 Å². The molecular weight excluding hydrogens is 377 g/mol. The summed E-state index contributed by atoms with van der Waals surface area (Å²) in [6.45, 7) is 4.47. The van der Waals surface area contributed by atoms with E-state index in [-0.39, 0.29) is 29.9 Å². The van der Waals surface area contributed by atoms with Crippen molar-refractivity contribution in [2.45, 2.75) is 26.1 Å². The van der Waals surface area contributed by atoms with Crippen LogP contribution in [0.1, 0.15) is 31.8 Å². The fourth-order valence-corrected chi connectivity index (χ4v) is 3.43. The first kappa shape index (κ1) is 20.8. The Morgan fingerprint density at radius 2 is 1.76 bits per heavy atom. The predicted octanol–water partition coefficient (Wildman–Crippen LogP) is 3.15. The highest BCUT2D eigenvalue weighted by Crippen LogP contribution is 2.25. The molecule has 154 valence electrons. The molecule has 1 aliphatic heterocycles. The number of esters is 1. The number of amides is 1. The molecular formula is C22H24FNO5. The lowest BCUT2D eigenvalue weighted by molar-refractivity contribution is 0.0337. The summed E-state index contributed by atoms with van der Waals surface area (Å²) < 4.78 is 29.9. The van der Waals surface area contributed by atoms with Gasteiger partial charge >= 0.3 is 5.97 Å². The number of rotatable bonds is 5. The summed E-state index contributed by atoms with van der Waals surface area (Å²) in [4.78, 5) is 26.4. The highest BCUT2D eigenvalue weighted by Gasteiger charge is 2.38. The Balaban J connectivity index is 1.79. The van der Waals surface area contributed by atoms with Crippen molar-refractivity contribution in [2.24, 2.45) is 0 Å². The highest BCUT2D eigenvalue weighted by atomic mass is 19.1. The number of benzene rings is 2. The lowest BCUT2D eigenvalue weighted by Gasteiger charge is -2.19. The molecule has 6 nitrogen and oxygen atoms in total. The van der Waals surface area contributed by atoms with Gasteiger partial charge in [-0.2, -0.15) is 0 Å². The molecule has 0 N–H and O–H groups in total. The minimum absolute atomic E-state index is 0.0535. The molecule has 1 aliphatic rings. The summed E-state index contributed by atoms with van der Waals surface area (Å²) in [5.74, 6) is -1.19. The molecule has 1 saturated heterocycles. The molecule has 7 heteroatoms. The van der Waals surface area contributed by atoms with Crippen molar-refractivity contribution >= 4 is 11.9 Å². The van der Waals surface area contributed by atoms with Gasteiger partial charge in [0.05, 0.1) is 25.8 Å². The fourth-order valence-electron chi connectivity index (χ4n) is 3.43. The topological polar surface area (TPSA) is 65.1 Å². The predicted molar refractivity (Wildman–Crippen MR) is 105 cm³/mol. The van der Waals surface area contributed by atoms with Crippen LogP contribution in [-0.2, 0) is 9.47 Å². The normalized spacial score (nSPS) is 18.6. The van der Waals surface area contributed by atoms with Crippen LogP contribution in [0.2, 0.25) is 0 Å². The SMILES string of the molecule is COC(=O)c1cc(F)cc(O[C@@H]2CN(C(=O)c3cc(C)ccc3C)C[C@H]2OC)c1. The third kappa shape index (κ3) is 4.56. The zero-order valence-electron chi connectivity index (χ0n) is 16.9. The molecule has 3 rings (SSSR count). The second-order valence-corrected chi connectivity index (χ2v) is 7.13. The number of methoxy groups -OCH3 is 2. The number of ether oxygens (including phenoxy) is 3. The Morgan fingerprint density at radius 3 is 2.45 bits per heavy atom. The van der Waals surface area contributed by atoms with Crippen LogP contribution in [-0.4, -0.2) is 56.3 Å². The summed E-state index contributed by atoms with van der Waals surface area (Å²) in [6.07, 6.45) is -0.879. The minimum Gasteiger partial charge on any atom is -0.486 e. The molecule has 1 fully saturated rings. The van der Waals surface area contributed by atoms with Crippen LogP contribution in [0.4, 0.5) is 4.39 Å². The van der Waals surface area contributed by atoms with E-state index in [4.69, 9.17) is 9.47 Å². The van der Waals surface area contributed by atoms with E-state index < -0.39 is 17.9 Å². The number of carbonyl (C=O) groups is 2. The van der Waals surface area contributed by atoms with E-state index >= 15 is 0 Å². The van der Waals surface area contributed by atoms with Gasteiger partial charge in [0.25, 0.3) is 5.91 Å². The van der Waals surface area contributed by atoms with Gasteiger partial charge in [0.15, 0.2) is 0 Å². The molecule has 0 saturated carbocycles.